The molecular weight excluding hydrogens is 422 g/mol. The number of carboxylic acid groups (broad SMARTS) is 1. The predicted octanol–water partition coefficient (Wildman–Crippen LogP) is 1.65. The van der Waals surface area contributed by atoms with Gasteiger partial charge in [-0.05, 0) is 61.1 Å². The molecule has 1 aromatic heterocycles. The lowest BCUT2D eigenvalue weighted by molar-refractivity contribution is -0.139. The molecule has 3 aromatic rings. The molecule has 9 nitrogen and oxygen atoms in total. The van der Waals surface area contributed by atoms with Crippen LogP contribution in [0.15, 0.2) is 42.5 Å². The molecule has 0 fully saturated rings. The Morgan fingerprint density at radius 3 is 2.33 bits per heavy atom. The Kier molecular flexibility index (Phi) is 8.53. The number of hydrogen-bond donors (Lipinski definition) is 6. The number of nitrogen functional groups attached to an aromatic ring is 2. The fourth-order valence-electron chi connectivity index (χ4n) is 3.70. The number of carbonyl (C=O) groups is 1. The topological polar surface area (TPSA) is 168 Å². The van der Waals surface area contributed by atoms with Crippen LogP contribution in [-0.4, -0.2) is 50.0 Å². The molecule has 2 unspecified atom stereocenters. The molecule has 1 heterocycles. The zero-order valence-corrected chi connectivity index (χ0v) is 18.4. The summed E-state index contributed by atoms with van der Waals surface area (Å²) in [6, 6.07) is 14.3. The summed E-state index contributed by atoms with van der Waals surface area (Å²) in [6.07, 6.45) is 0.154. The van der Waals surface area contributed by atoms with Crippen LogP contribution in [0.1, 0.15) is 36.0 Å². The molecule has 9 heteroatoms. The second-order valence-electron chi connectivity index (χ2n) is 8.24. The number of hydrogen-bond acceptors (Lipinski definition) is 8. The van der Waals surface area contributed by atoms with Crippen LogP contribution in [0, 0.1) is 0 Å². The van der Waals surface area contributed by atoms with Crippen molar-refractivity contribution >= 4 is 28.6 Å². The van der Waals surface area contributed by atoms with Crippen molar-refractivity contribution in [1.29, 1.82) is 0 Å². The third-order valence-corrected chi connectivity index (χ3v) is 5.47. The van der Waals surface area contributed by atoms with Gasteiger partial charge in [0, 0.05) is 11.9 Å². The summed E-state index contributed by atoms with van der Waals surface area (Å²) in [5.74, 6) is -0.508. The monoisotopic (exact) mass is 453 g/mol. The molecule has 0 bridgehead atoms. The highest BCUT2D eigenvalue weighted by Crippen LogP contribution is 2.21. The number of fused-ring (bicyclic) bond motifs is 1. The van der Waals surface area contributed by atoms with E-state index in [4.69, 9.17) is 16.6 Å². The van der Waals surface area contributed by atoms with Crippen LogP contribution < -0.4 is 16.8 Å². The molecule has 0 aliphatic heterocycles. The maximum atomic E-state index is 10.5. The van der Waals surface area contributed by atoms with Gasteiger partial charge < -0.3 is 32.1 Å². The van der Waals surface area contributed by atoms with E-state index in [1.807, 2.05) is 18.2 Å². The standard InChI is InChI=1S/C24H31N5O4/c25-23-20-11-16(7-8-21(20)28-24(26)29-23)4-1-15-2-5-17(6-3-15)14-27-10-9-18(30)12-19(31)13-22(32)33/h2-3,5-8,11,18-19,27,30-31H,1,4,9-10,12-14H2,(H,32,33)(H4,25,26,28,29). The average molecular weight is 454 g/mol. The minimum atomic E-state index is -1.07. The van der Waals surface area contributed by atoms with Crippen LogP contribution >= 0.6 is 0 Å². The van der Waals surface area contributed by atoms with E-state index in [-0.39, 0.29) is 18.8 Å². The van der Waals surface area contributed by atoms with Crippen molar-refractivity contribution in [2.75, 3.05) is 18.0 Å². The molecule has 0 spiro atoms. The second-order valence-corrected chi connectivity index (χ2v) is 8.24. The number of nitrogens with one attached hydrogen (secondary N) is 1. The van der Waals surface area contributed by atoms with Gasteiger partial charge in [-0.15, -0.1) is 0 Å². The smallest absolute Gasteiger partial charge is 0.305 e. The van der Waals surface area contributed by atoms with Gasteiger partial charge >= 0.3 is 5.97 Å². The number of benzene rings is 2. The molecule has 0 amide bonds. The Morgan fingerprint density at radius 2 is 1.61 bits per heavy atom. The molecule has 0 aliphatic carbocycles. The highest BCUT2D eigenvalue weighted by atomic mass is 16.4. The Bertz CT molecular complexity index is 1070. The minimum absolute atomic E-state index is 0.0631. The van der Waals surface area contributed by atoms with Gasteiger partial charge in [0.15, 0.2) is 0 Å². The van der Waals surface area contributed by atoms with Gasteiger partial charge in [-0.1, -0.05) is 30.3 Å². The van der Waals surface area contributed by atoms with Crippen molar-refractivity contribution in [2.45, 2.75) is 50.9 Å². The minimum Gasteiger partial charge on any atom is -0.481 e. The highest BCUT2D eigenvalue weighted by Gasteiger charge is 2.14. The second kappa shape index (κ2) is 11.6. The predicted molar refractivity (Wildman–Crippen MR) is 127 cm³/mol. The van der Waals surface area contributed by atoms with E-state index in [1.165, 1.54) is 5.56 Å². The van der Waals surface area contributed by atoms with Crippen LogP contribution in [0.3, 0.4) is 0 Å². The lowest BCUT2D eigenvalue weighted by atomic mass is 10.0. The molecule has 0 saturated carbocycles. The van der Waals surface area contributed by atoms with Gasteiger partial charge in [-0.25, -0.2) is 4.98 Å². The first kappa shape index (κ1) is 24.4. The zero-order valence-electron chi connectivity index (χ0n) is 18.4. The summed E-state index contributed by atoms with van der Waals surface area (Å²) in [5.41, 5.74) is 15.9. The van der Waals surface area contributed by atoms with Gasteiger partial charge in [0.05, 0.1) is 24.1 Å². The van der Waals surface area contributed by atoms with Gasteiger partial charge in [0.25, 0.3) is 0 Å². The summed E-state index contributed by atoms with van der Waals surface area (Å²) < 4.78 is 0. The van der Waals surface area contributed by atoms with E-state index in [1.54, 1.807) is 0 Å². The quantitative estimate of drug-likeness (QED) is 0.223. The maximum absolute atomic E-state index is 10.5. The number of aryl methyl sites for hydroxylation is 2. The van der Waals surface area contributed by atoms with E-state index in [0.29, 0.717) is 25.3 Å². The van der Waals surface area contributed by atoms with Crippen molar-refractivity contribution < 1.29 is 20.1 Å². The first-order valence-corrected chi connectivity index (χ1v) is 11.0. The fourth-order valence-corrected chi connectivity index (χ4v) is 3.70. The molecule has 3 rings (SSSR count). The number of anilines is 2. The molecule has 8 N–H and O–H groups in total. The third kappa shape index (κ3) is 7.67. The van der Waals surface area contributed by atoms with Crippen LogP contribution in [0.2, 0.25) is 0 Å². The number of aliphatic hydroxyl groups is 2. The summed E-state index contributed by atoms with van der Waals surface area (Å²) >= 11 is 0. The number of aliphatic carboxylic acids is 1. The van der Waals surface area contributed by atoms with Crippen molar-refractivity contribution in [3.63, 3.8) is 0 Å². The molecular formula is C24H31N5O4. The van der Waals surface area contributed by atoms with E-state index in [2.05, 4.69) is 39.6 Å². The first-order chi connectivity index (χ1) is 15.8. The third-order valence-electron chi connectivity index (χ3n) is 5.47. The highest BCUT2D eigenvalue weighted by molar-refractivity contribution is 5.89. The average Bonchev–Trinajstić information content (AvgIpc) is 2.75. The summed E-state index contributed by atoms with van der Waals surface area (Å²) in [6.45, 7) is 1.24. The van der Waals surface area contributed by atoms with Crippen molar-refractivity contribution in [3.8, 4) is 0 Å². The van der Waals surface area contributed by atoms with E-state index < -0.39 is 18.2 Å². The van der Waals surface area contributed by atoms with Gasteiger partial charge in [-0.3, -0.25) is 4.79 Å². The lowest BCUT2D eigenvalue weighted by Crippen LogP contribution is -2.25. The van der Waals surface area contributed by atoms with Gasteiger partial charge in [0.1, 0.15) is 5.82 Å². The molecule has 176 valence electrons. The van der Waals surface area contributed by atoms with Gasteiger partial charge in [0.2, 0.25) is 5.95 Å². The Hall–Kier alpha value is -3.27. The van der Waals surface area contributed by atoms with Crippen molar-refractivity contribution in [2.24, 2.45) is 0 Å². The SMILES string of the molecule is Nc1nc(N)c2cc(CCc3ccc(CNCCC(O)CC(O)CC(=O)O)cc3)ccc2n1. The van der Waals surface area contributed by atoms with Crippen molar-refractivity contribution in [3.05, 3.63) is 59.2 Å². The Morgan fingerprint density at radius 1 is 0.939 bits per heavy atom. The van der Waals surface area contributed by atoms with E-state index in [0.717, 1.165) is 34.9 Å². The molecule has 0 aliphatic rings. The van der Waals surface area contributed by atoms with Crippen LogP contribution in [-0.2, 0) is 24.2 Å². The summed E-state index contributed by atoms with van der Waals surface area (Å²) in [5, 5.41) is 32.2. The number of nitrogens with two attached hydrogens (primary N) is 2. The first-order valence-electron chi connectivity index (χ1n) is 11.0. The largest absolute Gasteiger partial charge is 0.481 e. The van der Waals surface area contributed by atoms with E-state index >= 15 is 0 Å². The molecule has 0 radical (unpaired) electrons. The number of rotatable bonds is 12. The summed E-state index contributed by atoms with van der Waals surface area (Å²) in [4.78, 5) is 18.8. The molecule has 2 atom stereocenters. The number of carboxylic acids is 1. The molecule has 0 saturated heterocycles. The Labute approximate surface area is 192 Å². The number of aromatic nitrogens is 2. The van der Waals surface area contributed by atoms with Gasteiger partial charge in [-0.2, -0.15) is 4.98 Å². The maximum Gasteiger partial charge on any atom is 0.305 e. The van der Waals surface area contributed by atoms with E-state index in [9.17, 15) is 15.0 Å². The van der Waals surface area contributed by atoms with Crippen LogP contribution in [0.25, 0.3) is 10.9 Å². The number of aliphatic hydroxyl groups excluding tert-OH is 2. The van der Waals surface area contributed by atoms with Crippen LogP contribution in [0.5, 0.6) is 0 Å². The summed E-state index contributed by atoms with van der Waals surface area (Å²) in [7, 11) is 0. The Balaban J connectivity index is 1.41. The normalized spacial score (nSPS) is 13.2. The molecule has 33 heavy (non-hydrogen) atoms. The van der Waals surface area contributed by atoms with Crippen molar-refractivity contribution in [1.82, 2.24) is 15.3 Å². The molecule has 2 aromatic carbocycles. The number of nitrogens with zero attached hydrogens (tertiary/aromatic N) is 2. The zero-order chi connectivity index (χ0) is 23.8. The van der Waals surface area contributed by atoms with Crippen LogP contribution in [0.4, 0.5) is 11.8 Å². The lowest BCUT2D eigenvalue weighted by Gasteiger charge is -2.14. The fraction of sp³-hybridized carbons (Fsp3) is 0.375.